The largest absolute Gasteiger partial charge is 0.478 e. The fourth-order valence-electron chi connectivity index (χ4n) is 2.22. The van der Waals surface area contributed by atoms with Gasteiger partial charge >= 0.3 is 12.1 Å². The lowest BCUT2D eigenvalue weighted by Crippen LogP contribution is -2.40. The van der Waals surface area contributed by atoms with Crippen molar-refractivity contribution >= 4 is 12.1 Å². The number of rotatable bonds is 1. The molecule has 0 aromatic heterocycles. The van der Waals surface area contributed by atoms with Crippen LogP contribution < -0.4 is 0 Å². The number of carbonyl (C=O) groups is 2. The molecular formula is C15H18FNO4. The normalized spacial score (nSPS) is 14.6. The van der Waals surface area contributed by atoms with Crippen molar-refractivity contribution in [2.45, 2.75) is 39.3 Å². The highest BCUT2D eigenvalue weighted by Gasteiger charge is 2.28. The van der Waals surface area contributed by atoms with Crippen molar-refractivity contribution in [3.8, 4) is 0 Å². The number of hydrogen-bond donors (Lipinski definition) is 1. The molecule has 1 amide bonds. The third-order valence-corrected chi connectivity index (χ3v) is 3.19. The maximum absolute atomic E-state index is 14.0. The molecule has 1 heterocycles. The van der Waals surface area contributed by atoms with E-state index in [4.69, 9.17) is 9.84 Å². The summed E-state index contributed by atoms with van der Waals surface area (Å²) in [5, 5.41) is 8.93. The standard InChI is InChI=1S/C15H18FNO4/c1-15(2,3)21-14(20)17-5-4-9-6-10(13(18)19)7-12(16)11(9)8-17/h6-7H,4-5,8H2,1-3H3,(H,18,19). The zero-order valence-corrected chi connectivity index (χ0v) is 12.3. The van der Waals surface area contributed by atoms with Gasteiger partial charge in [0.15, 0.2) is 0 Å². The van der Waals surface area contributed by atoms with Gasteiger partial charge < -0.3 is 14.7 Å². The Balaban J connectivity index is 2.21. The van der Waals surface area contributed by atoms with Gasteiger partial charge in [0.05, 0.1) is 12.1 Å². The molecule has 1 N–H and O–H groups in total. The first-order valence-electron chi connectivity index (χ1n) is 6.70. The number of carboxylic acid groups (broad SMARTS) is 1. The highest BCUT2D eigenvalue weighted by atomic mass is 19.1. The third kappa shape index (κ3) is 3.51. The van der Waals surface area contributed by atoms with Crippen LogP contribution >= 0.6 is 0 Å². The lowest BCUT2D eigenvalue weighted by atomic mass is 9.97. The highest BCUT2D eigenvalue weighted by molar-refractivity contribution is 5.88. The van der Waals surface area contributed by atoms with E-state index in [-0.39, 0.29) is 12.1 Å². The molecular weight excluding hydrogens is 277 g/mol. The predicted molar refractivity (Wildman–Crippen MR) is 73.7 cm³/mol. The molecule has 0 aliphatic carbocycles. The SMILES string of the molecule is CC(C)(C)OC(=O)N1CCc2cc(C(=O)O)cc(F)c2C1. The number of nitrogens with zero attached hydrogens (tertiary/aromatic N) is 1. The molecule has 114 valence electrons. The molecule has 0 radical (unpaired) electrons. The number of amides is 1. The summed E-state index contributed by atoms with van der Waals surface area (Å²) in [5.41, 5.74) is 0.310. The summed E-state index contributed by atoms with van der Waals surface area (Å²) in [5.74, 6) is -1.76. The van der Waals surface area contributed by atoms with E-state index < -0.39 is 23.5 Å². The van der Waals surface area contributed by atoms with Crippen LogP contribution in [-0.4, -0.2) is 34.2 Å². The Morgan fingerprint density at radius 1 is 1.33 bits per heavy atom. The van der Waals surface area contributed by atoms with E-state index in [2.05, 4.69) is 0 Å². The van der Waals surface area contributed by atoms with Gasteiger partial charge in [-0.15, -0.1) is 0 Å². The van der Waals surface area contributed by atoms with Gasteiger partial charge in [0.25, 0.3) is 0 Å². The first kappa shape index (κ1) is 15.3. The molecule has 1 aliphatic heterocycles. The quantitative estimate of drug-likeness (QED) is 0.865. The molecule has 1 aliphatic rings. The predicted octanol–water partition coefficient (Wildman–Crippen LogP) is 2.82. The summed E-state index contributed by atoms with van der Waals surface area (Å²) in [4.78, 5) is 24.3. The monoisotopic (exact) mass is 295 g/mol. The Labute approximate surface area is 122 Å². The zero-order valence-electron chi connectivity index (χ0n) is 12.3. The Bertz CT molecular complexity index is 592. The van der Waals surface area contributed by atoms with E-state index in [0.29, 0.717) is 24.1 Å². The molecule has 5 nitrogen and oxygen atoms in total. The number of fused-ring (bicyclic) bond motifs is 1. The Morgan fingerprint density at radius 3 is 2.57 bits per heavy atom. The average molecular weight is 295 g/mol. The number of aromatic carboxylic acids is 1. The van der Waals surface area contributed by atoms with Gasteiger partial charge in [0, 0.05) is 12.1 Å². The summed E-state index contributed by atoms with van der Waals surface area (Å²) in [6.45, 7) is 5.77. The minimum Gasteiger partial charge on any atom is -0.478 e. The second-order valence-corrected chi connectivity index (χ2v) is 6.05. The van der Waals surface area contributed by atoms with Crippen LogP contribution in [0.15, 0.2) is 12.1 Å². The maximum atomic E-state index is 14.0. The molecule has 21 heavy (non-hydrogen) atoms. The highest BCUT2D eigenvalue weighted by Crippen LogP contribution is 2.25. The molecule has 0 bridgehead atoms. The molecule has 0 saturated carbocycles. The summed E-state index contributed by atoms with van der Waals surface area (Å²) in [6, 6.07) is 2.45. The van der Waals surface area contributed by atoms with Crippen molar-refractivity contribution in [2.75, 3.05) is 6.54 Å². The fourth-order valence-corrected chi connectivity index (χ4v) is 2.22. The van der Waals surface area contributed by atoms with Crippen LogP contribution in [0.25, 0.3) is 0 Å². The zero-order chi connectivity index (χ0) is 15.8. The van der Waals surface area contributed by atoms with Gasteiger partial charge in [-0.05, 0) is 44.9 Å². The van der Waals surface area contributed by atoms with Crippen LogP contribution in [0.5, 0.6) is 0 Å². The summed E-state index contributed by atoms with van der Waals surface area (Å²) in [7, 11) is 0. The van der Waals surface area contributed by atoms with Crippen LogP contribution in [0, 0.1) is 5.82 Å². The third-order valence-electron chi connectivity index (χ3n) is 3.19. The lowest BCUT2D eigenvalue weighted by molar-refractivity contribution is 0.0221. The van der Waals surface area contributed by atoms with E-state index in [1.165, 1.54) is 11.0 Å². The minimum atomic E-state index is -1.16. The van der Waals surface area contributed by atoms with Crippen molar-refractivity contribution in [3.05, 3.63) is 34.6 Å². The average Bonchev–Trinajstić information content (AvgIpc) is 2.36. The smallest absolute Gasteiger partial charge is 0.410 e. The molecule has 6 heteroatoms. The van der Waals surface area contributed by atoms with Crippen LogP contribution in [0.3, 0.4) is 0 Å². The second kappa shape index (κ2) is 5.35. The van der Waals surface area contributed by atoms with Crippen molar-refractivity contribution in [2.24, 2.45) is 0 Å². The van der Waals surface area contributed by atoms with Crippen LogP contribution in [-0.2, 0) is 17.7 Å². The number of benzene rings is 1. The van der Waals surface area contributed by atoms with Gasteiger partial charge in [-0.2, -0.15) is 0 Å². The van der Waals surface area contributed by atoms with Gasteiger partial charge in [-0.25, -0.2) is 14.0 Å². The number of carboxylic acids is 1. The van der Waals surface area contributed by atoms with Crippen molar-refractivity contribution < 1.29 is 23.8 Å². The van der Waals surface area contributed by atoms with Gasteiger partial charge in [-0.1, -0.05) is 0 Å². The van der Waals surface area contributed by atoms with Crippen LogP contribution in [0.4, 0.5) is 9.18 Å². The summed E-state index contributed by atoms with van der Waals surface area (Å²) in [6.07, 6.45) is -0.0815. The Morgan fingerprint density at radius 2 is 2.00 bits per heavy atom. The molecule has 1 aromatic carbocycles. The van der Waals surface area contributed by atoms with E-state index in [1.54, 1.807) is 20.8 Å². The fraction of sp³-hybridized carbons (Fsp3) is 0.467. The molecule has 0 atom stereocenters. The Kier molecular flexibility index (Phi) is 3.89. The minimum absolute atomic E-state index is 0.0723. The van der Waals surface area contributed by atoms with Crippen LogP contribution in [0.1, 0.15) is 42.3 Å². The van der Waals surface area contributed by atoms with Crippen LogP contribution in [0.2, 0.25) is 0 Å². The molecule has 0 fully saturated rings. The number of carbonyl (C=O) groups excluding carboxylic acids is 1. The first-order valence-corrected chi connectivity index (χ1v) is 6.70. The van der Waals surface area contributed by atoms with Gasteiger partial charge in [0.2, 0.25) is 0 Å². The van der Waals surface area contributed by atoms with E-state index in [0.717, 1.165) is 6.07 Å². The summed E-state index contributed by atoms with van der Waals surface area (Å²) >= 11 is 0. The van der Waals surface area contributed by atoms with Crippen molar-refractivity contribution in [1.82, 2.24) is 4.90 Å². The van der Waals surface area contributed by atoms with Crippen molar-refractivity contribution in [3.63, 3.8) is 0 Å². The lowest BCUT2D eigenvalue weighted by Gasteiger charge is -2.31. The topological polar surface area (TPSA) is 66.8 Å². The molecule has 2 rings (SSSR count). The number of halogens is 1. The van der Waals surface area contributed by atoms with Crippen molar-refractivity contribution in [1.29, 1.82) is 0 Å². The molecule has 0 unspecified atom stereocenters. The maximum Gasteiger partial charge on any atom is 0.410 e. The van der Waals surface area contributed by atoms with Gasteiger partial charge in [0.1, 0.15) is 11.4 Å². The molecule has 0 saturated heterocycles. The number of ether oxygens (including phenoxy) is 1. The van der Waals surface area contributed by atoms with E-state index in [9.17, 15) is 14.0 Å². The Hall–Kier alpha value is -2.11. The number of hydrogen-bond acceptors (Lipinski definition) is 3. The first-order chi connectivity index (χ1) is 9.67. The van der Waals surface area contributed by atoms with E-state index in [1.807, 2.05) is 0 Å². The summed E-state index contributed by atoms with van der Waals surface area (Å²) < 4.78 is 19.3. The van der Waals surface area contributed by atoms with E-state index >= 15 is 0 Å². The second-order valence-electron chi connectivity index (χ2n) is 6.05. The molecule has 1 aromatic rings. The molecule has 0 spiro atoms. The van der Waals surface area contributed by atoms with Gasteiger partial charge in [-0.3, -0.25) is 0 Å².